The first-order chi connectivity index (χ1) is 17.7. The molecular weight excluding hydrogens is 482 g/mol. The summed E-state index contributed by atoms with van der Waals surface area (Å²) in [7, 11) is 0. The molecule has 186 valence electrons. The number of aliphatic hydroxyl groups excluding tert-OH is 1. The van der Waals surface area contributed by atoms with Crippen LogP contribution in [-0.4, -0.2) is 42.5 Å². The maximum atomic E-state index is 12.9. The Morgan fingerprint density at radius 1 is 1.11 bits per heavy atom. The summed E-state index contributed by atoms with van der Waals surface area (Å²) in [6.07, 6.45) is 1.31. The van der Waals surface area contributed by atoms with Crippen LogP contribution in [0.25, 0.3) is 11.0 Å². The van der Waals surface area contributed by atoms with Crippen molar-refractivity contribution < 1.29 is 19.6 Å². The first-order valence-corrected chi connectivity index (χ1v) is 10.8. The highest BCUT2D eigenvalue weighted by atomic mass is 16.6. The molecule has 0 saturated heterocycles. The molecule has 13 heteroatoms. The van der Waals surface area contributed by atoms with Crippen molar-refractivity contribution >= 4 is 39.9 Å². The van der Waals surface area contributed by atoms with Crippen LogP contribution in [0.3, 0.4) is 0 Å². The summed E-state index contributed by atoms with van der Waals surface area (Å²) in [5, 5.41) is 28.8. The number of hydrogen-bond acceptors (Lipinski definition) is 9. The number of aromatic nitrogens is 3. The highest BCUT2D eigenvalue weighted by molar-refractivity contribution is 6.04. The van der Waals surface area contributed by atoms with Crippen LogP contribution < -0.4 is 16.3 Å². The van der Waals surface area contributed by atoms with E-state index in [9.17, 15) is 29.6 Å². The van der Waals surface area contributed by atoms with E-state index < -0.39 is 22.5 Å². The number of nitrogens with one attached hydrogen (secondary N) is 3. The number of amides is 2. The maximum absolute atomic E-state index is 12.9. The van der Waals surface area contributed by atoms with Gasteiger partial charge in [0.15, 0.2) is 5.69 Å². The highest BCUT2D eigenvalue weighted by Gasteiger charge is 2.24. The Morgan fingerprint density at radius 3 is 2.46 bits per heavy atom. The van der Waals surface area contributed by atoms with Crippen LogP contribution in [0.1, 0.15) is 34.6 Å². The number of non-ortho nitro benzene ring substituents is 1. The first kappa shape index (κ1) is 24.8. The van der Waals surface area contributed by atoms with Gasteiger partial charge in [-0.15, -0.1) is 0 Å². The number of carbonyl (C=O) groups is 2. The highest BCUT2D eigenvalue weighted by Crippen LogP contribution is 2.22. The van der Waals surface area contributed by atoms with Crippen LogP contribution in [0.5, 0.6) is 0 Å². The number of benzene rings is 2. The predicted molar refractivity (Wildman–Crippen MR) is 133 cm³/mol. The normalized spacial score (nSPS) is 12.1. The van der Waals surface area contributed by atoms with Gasteiger partial charge in [0.1, 0.15) is 11.8 Å². The SMILES string of the molecule is CC(=O)Nc1ccc([C@H](O)/C(=N/NC(=O)c2ccncc2)c2nc3ccc([N+](=O)[O-])cc3[nH]c2=O)cc1. The van der Waals surface area contributed by atoms with Crippen molar-refractivity contribution in [2.24, 2.45) is 5.10 Å². The Labute approximate surface area is 208 Å². The number of H-pyrrole nitrogens is 1. The molecule has 0 fully saturated rings. The third-order valence-corrected chi connectivity index (χ3v) is 5.16. The second kappa shape index (κ2) is 10.5. The third-order valence-electron chi connectivity index (χ3n) is 5.16. The number of nitrogens with zero attached hydrogens (tertiary/aromatic N) is 4. The van der Waals surface area contributed by atoms with Gasteiger partial charge in [-0.2, -0.15) is 5.10 Å². The van der Waals surface area contributed by atoms with E-state index in [0.717, 1.165) is 6.07 Å². The molecule has 0 unspecified atom stereocenters. The number of aliphatic hydroxyl groups is 1. The molecule has 0 aliphatic rings. The number of nitro groups is 1. The number of hydrazone groups is 1. The molecule has 0 saturated carbocycles. The Balaban J connectivity index is 1.77. The average Bonchev–Trinajstić information content (AvgIpc) is 2.89. The zero-order valence-corrected chi connectivity index (χ0v) is 19.2. The van der Waals surface area contributed by atoms with Gasteiger partial charge in [-0.25, -0.2) is 10.4 Å². The summed E-state index contributed by atoms with van der Waals surface area (Å²) in [6.45, 7) is 1.35. The number of carbonyl (C=O) groups excluding carboxylic acids is 2. The van der Waals surface area contributed by atoms with Crippen molar-refractivity contribution in [1.82, 2.24) is 20.4 Å². The summed E-state index contributed by atoms with van der Waals surface area (Å²) >= 11 is 0. The topological polar surface area (TPSA) is 193 Å². The molecular formula is C24H19N7O6. The summed E-state index contributed by atoms with van der Waals surface area (Å²) < 4.78 is 0. The number of pyridine rings is 1. The van der Waals surface area contributed by atoms with Gasteiger partial charge in [0.25, 0.3) is 17.2 Å². The average molecular weight is 501 g/mol. The summed E-state index contributed by atoms with van der Waals surface area (Å²) in [4.78, 5) is 57.8. The van der Waals surface area contributed by atoms with E-state index in [0.29, 0.717) is 5.69 Å². The standard InChI is InChI=1S/C24H19N7O6/c1-13(32)26-16-4-2-14(3-5-16)22(33)20(29-30-23(34)15-8-10-25-11-9-15)21-24(35)28-19-12-17(31(36)37)6-7-18(19)27-21/h2-12,22,33H,1H3,(H,26,32)(H,28,35)(H,30,34)/b29-20+/t22-/m0/s1. The molecule has 2 aromatic heterocycles. The number of fused-ring (bicyclic) bond motifs is 1. The monoisotopic (exact) mass is 501 g/mol. The summed E-state index contributed by atoms with van der Waals surface area (Å²) in [5.41, 5.74) is 1.99. The molecule has 0 aliphatic carbocycles. The number of rotatable bonds is 7. The second-order valence-corrected chi connectivity index (χ2v) is 7.75. The molecule has 1 atom stereocenters. The minimum Gasteiger partial charge on any atom is -0.382 e. The third kappa shape index (κ3) is 5.68. The predicted octanol–water partition coefficient (Wildman–Crippen LogP) is 2.05. The molecule has 0 aliphatic heterocycles. The van der Waals surface area contributed by atoms with Gasteiger partial charge in [0.05, 0.1) is 16.0 Å². The van der Waals surface area contributed by atoms with E-state index in [-0.39, 0.29) is 45.2 Å². The smallest absolute Gasteiger partial charge is 0.276 e. The molecule has 2 amide bonds. The minimum atomic E-state index is -1.52. The first-order valence-electron chi connectivity index (χ1n) is 10.8. The van der Waals surface area contributed by atoms with Crippen LogP contribution in [0, 0.1) is 10.1 Å². The maximum Gasteiger partial charge on any atom is 0.276 e. The molecule has 2 aromatic carbocycles. The zero-order chi connectivity index (χ0) is 26.5. The van der Waals surface area contributed by atoms with Crippen molar-refractivity contribution in [2.75, 3.05) is 5.32 Å². The fourth-order valence-corrected chi connectivity index (χ4v) is 3.39. The molecule has 4 aromatic rings. The Kier molecular flexibility index (Phi) is 7.06. The molecule has 2 heterocycles. The quantitative estimate of drug-likeness (QED) is 0.168. The van der Waals surface area contributed by atoms with E-state index in [2.05, 4.69) is 30.8 Å². The molecule has 37 heavy (non-hydrogen) atoms. The lowest BCUT2D eigenvalue weighted by Crippen LogP contribution is -2.29. The van der Waals surface area contributed by atoms with Gasteiger partial charge in [-0.05, 0) is 35.9 Å². The summed E-state index contributed by atoms with van der Waals surface area (Å²) in [6, 6.07) is 12.7. The molecule has 4 N–H and O–H groups in total. The van der Waals surface area contributed by atoms with Crippen molar-refractivity contribution in [3.05, 3.63) is 104 Å². The lowest BCUT2D eigenvalue weighted by molar-refractivity contribution is -0.384. The number of nitro benzene ring substituents is 1. The van der Waals surface area contributed by atoms with Gasteiger partial charge in [-0.3, -0.25) is 29.5 Å². The Hall–Kier alpha value is -5.30. The fourth-order valence-electron chi connectivity index (χ4n) is 3.39. The van der Waals surface area contributed by atoms with Gasteiger partial charge >= 0.3 is 0 Å². The van der Waals surface area contributed by atoms with E-state index in [4.69, 9.17) is 0 Å². The molecule has 13 nitrogen and oxygen atoms in total. The molecule has 0 radical (unpaired) electrons. The number of aromatic amines is 1. The molecule has 0 spiro atoms. The van der Waals surface area contributed by atoms with Crippen molar-refractivity contribution in [3.63, 3.8) is 0 Å². The van der Waals surface area contributed by atoms with E-state index in [1.807, 2.05) is 0 Å². The van der Waals surface area contributed by atoms with Gasteiger partial charge in [-0.1, -0.05) is 12.1 Å². The Morgan fingerprint density at radius 2 is 1.81 bits per heavy atom. The number of anilines is 1. The summed E-state index contributed by atoms with van der Waals surface area (Å²) in [5.74, 6) is -0.901. The van der Waals surface area contributed by atoms with Gasteiger partial charge in [0.2, 0.25) is 5.91 Å². The lowest BCUT2D eigenvalue weighted by Gasteiger charge is -2.15. The van der Waals surface area contributed by atoms with Crippen LogP contribution in [0.4, 0.5) is 11.4 Å². The lowest BCUT2D eigenvalue weighted by atomic mass is 10.0. The molecule has 0 bridgehead atoms. The zero-order valence-electron chi connectivity index (χ0n) is 19.2. The largest absolute Gasteiger partial charge is 0.382 e. The van der Waals surface area contributed by atoms with Crippen LogP contribution >= 0.6 is 0 Å². The van der Waals surface area contributed by atoms with Crippen LogP contribution in [-0.2, 0) is 4.79 Å². The van der Waals surface area contributed by atoms with Crippen molar-refractivity contribution in [3.8, 4) is 0 Å². The minimum absolute atomic E-state index is 0.109. The second-order valence-electron chi connectivity index (χ2n) is 7.75. The van der Waals surface area contributed by atoms with E-state index in [1.54, 1.807) is 12.1 Å². The van der Waals surface area contributed by atoms with Gasteiger partial charge in [0, 0.05) is 42.7 Å². The van der Waals surface area contributed by atoms with Crippen LogP contribution in [0.15, 0.2) is 76.9 Å². The fraction of sp³-hybridized carbons (Fsp3) is 0.0833. The van der Waals surface area contributed by atoms with E-state index >= 15 is 0 Å². The van der Waals surface area contributed by atoms with E-state index in [1.165, 1.54) is 55.7 Å². The van der Waals surface area contributed by atoms with Crippen molar-refractivity contribution in [2.45, 2.75) is 13.0 Å². The van der Waals surface area contributed by atoms with Gasteiger partial charge < -0.3 is 15.4 Å². The number of hydrogen-bond donors (Lipinski definition) is 4. The van der Waals surface area contributed by atoms with Crippen LogP contribution in [0.2, 0.25) is 0 Å². The Bertz CT molecular complexity index is 1580. The van der Waals surface area contributed by atoms with Crippen molar-refractivity contribution in [1.29, 1.82) is 0 Å². The molecule has 4 rings (SSSR count).